The van der Waals surface area contributed by atoms with E-state index < -0.39 is 0 Å². The minimum absolute atomic E-state index is 0.189. The first kappa shape index (κ1) is 7.85. The molecule has 0 aromatic rings. The third-order valence-corrected chi connectivity index (χ3v) is 1.67. The van der Waals surface area contributed by atoms with Gasteiger partial charge in [0.15, 0.2) is 0 Å². The number of halogens is 3. The van der Waals surface area contributed by atoms with Gasteiger partial charge in [0.1, 0.15) is 11.0 Å². The second kappa shape index (κ2) is 3.23. The number of rotatable bonds is 0. The Hall–Kier alpha value is 0.750. The predicted molar refractivity (Wildman–Crippen MR) is 37.9 cm³/mol. The lowest BCUT2D eigenvalue weighted by Crippen LogP contribution is -2.54. The van der Waals surface area contributed by atoms with Gasteiger partial charge in [0.05, 0.1) is 0 Å². The normalized spacial score (nSPS) is 39.0. The molecule has 1 saturated heterocycles. The quantitative estimate of drug-likeness (QED) is 0.339. The Kier molecular flexibility index (Phi) is 2.82. The van der Waals surface area contributed by atoms with E-state index in [-0.39, 0.29) is 11.0 Å². The highest BCUT2D eigenvalue weighted by Crippen LogP contribution is 2.12. The first-order chi connectivity index (χ1) is 4.18. The molecule has 1 rings (SSSR count). The van der Waals surface area contributed by atoms with E-state index >= 15 is 0 Å². The van der Waals surface area contributed by atoms with Gasteiger partial charge in [0.2, 0.25) is 0 Å². The number of alkyl halides is 2. The van der Waals surface area contributed by atoms with E-state index in [0.29, 0.717) is 6.42 Å². The zero-order valence-electron chi connectivity index (χ0n) is 4.44. The van der Waals surface area contributed by atoms with Gasteiger partial charge in [0.25, 0.3) is 0 Å². The Labute approximate surface area is 68.3 Å². The van der Waals surface area contributed by atoms with Crippen LogP contribution in [0.4, 0.5) is 0 Å². The molecular weight excluding hydrogens is 184 g/mol. The van der Waals surface area contributed by atoms with Crippen LogP contribution in [0.3, 0.4) is 0 Å². The molecule has 0 aliphatic carbocycles. The van der Waals surface area contributed by atoms with E-state index in [9.17, 15) is 0 Å². The van der Waals surface area contributed by atoms with Gasteiger partial charge in [-0.1, -0.05) is 4.64 Å². The first-order valence-corrected chi connectivity index (χ1v) is 3.66. The lowest BCUT2D eigenvalue weighted by atomic mass is 10.4. The second-order valence-corrected chi connectivity index (χ2v) is 3.10. The lowest BCUT2D eigenvalue weighted by Gasteiger charge is -2.28. The van der Waals surface area contributed by atoms with Gasteiger partial charge in [-0.05, 0) is 0 Å². The molecule has 0 aromatic carbocycles. The van der Waals surface area contributed by atoms with Crippen molar-refractivity contribution in [1.82, 2.24) is 15.5 Å². The van der Waals surface area contributed by atoms with Crippen molar-refractivity contribution in [2.24, 2.45) is 0 Å². The molecule has 2 unspecified atom stereocenters. The smallest absolute Gasteiger partial charge is 0.101 e. The van der Waals surface area contributed by atoms with Crippen molar-refractivity contribution in [1.29, 1.82) is 0 Å². The molecule has 3 nitrogen and oxygen atoms in total. The zero-order chi connectivity index (χ0) is 6.85. The maximum atomic E-state index is 5.64. The van der Waals surface area contributed by atoms with Crippen LogP contribution >= 0.6 is 35.0 Å². The number of nitrogens with one attached hydrogen (secondary N) is 2. The molecule has 0 bridgehead atoms. The molecule has 1 heterocycles. The molecule has 9 heavy (non-hydrogen) atoms. The summed E-state index contributed by atoms with van der Waals surface area (Å²) in [6.45, 7) is 0. The lowest BCUT2D eigenvalue weighted by molar-refractivity contribution is 0.175. The van der Waals surface area contributed by atoms with E-state index in [1.807, 2.05) is 0 Å². The van der Waals surface area contributed by atoms with Crippen LogP contribution in [0, 0.1) is 0 Å². The summed E-state index contributed by atoms with van der Waals surface area (Å²) < 4.78 is 1.14. The zero-order valence-corrected chi connectivity index (χ0v) is 6.71. The van der Waals surface area contributed by atoms with Crippen LogP contribution < -0.4 is 10.9 Å². The Morgan fingerprint density at radius 1 is 1.22 bits per heavy atom. The monoisotopic (exact) mass is 189 g/mol. The summed E-state index contributed by atoms with van der Waals surface area (Å²) in [6, 6.07) is 0. The molecule has 1 aliphatic heterocycles. The summed E-state index contributed by atoms with van der Waals surface area (Å²) in [4.78, 5) is 0. The Morgan fingerprint density at radius 2 is 1.67 bits per heavy atom. The van der Waals surface area contributed by atoms with Crippen molar-refractivity contribution < 1.29 is 0 Å². The molecule has 0 saturated carbocycles. The van der Waals surface area contributed by atoms with Gasteiger partial charge in [-0.25, -0.2) is 10.9 Å². The highest BCUT2D eigenvalue weighted by atomic mass is 35.5. The van der Waals surface area contributed by atoms with Gasteiger partial charge >= 0.3 is 0 Å². The maximum Gasteiger partial charge on any atom is 0.101 e. The summed E-state index contributed by atoms with van der Waals surface area (Å²) in [6.07, 6.45) is 0.645. The summed E-state index contributed by atoms with van der Waals surface area (Å²) in [7, 11) is 0. The van der Waals surface area contributed by atoms with Crippen molar-refractivity contribution >= 4 is 35.0 Å². The number of hydrogen-bond donors (Lipinski definition) is 2. The molecule has 1 aliphatic rings. The van der Waals surface area contributed by atoms with Crippen molar-refractivity contribution in [3.63, 3.8) is 0 Å². The Morgan fingerprint density at radius 3 is 2.00 bits per heavy atom. The van der Waals surface area contributed by atoms with Gasteiger partial charge in [-0.2, -0.15) is 0 Å². The largest absolute Gasteiger partial charge is 0.208 e. The highest BCUT2D eigenvalue weighted by molar-refractivity contribution is 6.24. The van der Waals surface area contributed by atoms with E-state index in [1.54, 1.807) is 0 Å². The van der Waals surface area contributed by atoms with Crippen LogP contribution in [0.5, 0.6) is 0 Å². The molecule has 0 spiro atoms. The SMILES string of the molecule is ClC1CC(Cl)NN(Cl)N1. The molecule has 2 atom stereocenters. The topological polar surface area (TPSA) is 27.3 Å². The van der Waals surface area contributed by atoms with Crippen LogP contribution in [0.1, 0.15) is 6.42 Å². The third-order valence-electron chi connectivity index (χ3n) is 0.921. The van der Waals surface area contributed by atoms with Crippen molar-refractivity contribution in [3.05, 3.63) is 0 Å². The second-order valence-electron chi connectivity index (χ2n) is 1.71. The average Bonchev–Trinajstić information content (AvgIpc) is 1.59. The highest BCUT2D eigenvalue weighted by Gasteiger charge is 2.21. The van der Waals surface area contributed by atoms with Crippen LogP contribution in [0.2, 0.25) is 0 Å². The van der Waals surface area contributed by atoms with Gasteiger partial charge < -0.3 is 0 Å². The molecule has 1 fully saturated rings. The third kappa shape index (κ3) is 2.45. The molecule has 0 aromatic heterocycles. The van der Waals surface area contributed by atoms with Gasteiger partial charge in [-0.15, -0.1) is 23.2 Å². The van der Waals surface area contributed by atoms with E-state index in [0.717, 1.165) is 4.64 Å². The number of hydrogen-bond acceptors (Lipinski definition) is 3. The Bertz CT molecular complexity index is 75.3. The van der Waals surface area contributed by atoms with E-state index in [1.165, 1.54) is 0 Å². The fourth-order valence-electron chi connectivity index (χ4n) is 0.570. The number of hydrazine groups is 2. The molecular formula is C3H6Cl3N3. The summed E-state index contributed by atoms with van der Waals surface area (Å²) in [5.41, 5.74) is 4.98. The minimum atomic E-state index is -0.189. The van der Waals surface area contributed by atoms with Crippen LogP contribution in [0.25, 0.3) is 0 Å². The molecule has 54 valence electrons. The minimum Gasteiger partial charge on any atom is -0.208 e. The Balaban J connectivity index is 2.34. The summed E-state index contributed by atoms with van der Waals surface area (Å²) >= 11 is 16.7. The average molecular weight is 190 g/mol. The summed E-state index contributed by atoms with van der Waals surface area (Å²) in [5.74, 6) is 0. The summed E-state index contributed by atoms with van der Waals surface area (Å²) in [5, 5.41) is 0. The number of nitrogens with zero attached hydrogens (tertiary/aromatic N) is 1. The standard InChI is InChI=1S/C3H6Cl3N3/c4-2-1-3(5)8-9(6)7-2/h2-3,7-8H,1H2. The molecule has 2 N–H and O–H groups in total. The molecule has 6 heteroatoms. The van der Waals surface area contributed by atoms with Gasteiger partial charge in [-0.3, -0.25) is 0 Å². The fourth-order valence-corrected chi connectivity index (χ4v) is 1.55. The molecule has 0 amide bonds. The van der Waals surface area contributed by atoms with Crippen LogP contribution in [0.15, 0.2) is 0 Å². The van der Waals surface area contributed by atoms with E-state index in [4.69, 9.17) is 35.0 Å². The maximum absolute atomic E-state index is 5.64. The molecule has 0 radical (unpaired) electrons. The van der Waals surface area contributed by atoms with Crippen molar-refractivity contribution in [3.8, 4) is 0 Å². The van der Waals surface area contributed by atoms with Crippen LogP contribution in [-0.2, 0) is 0 Å². The predicted octanol–water partition coefficient (Wildman–Crippen LogP) is 0.985. The first-order valence-electron chi connectivity index (χ1n) is 2.45. The fraction of sp³-hybridized carbons (Fsp3) is 1.00. The van der Waals surface area contributed by atoms with Gasteiger partial charge in [0, 0.05) is 18.2 Å². The van der Waals surface area contributed by atoms with E-state index in [2.05, 4.69) is 10.9 Å². The van der Waals surface area contributed by atoms with Crippen molar-refractivity contribution in [2.75, 3.05) is 0 Å². The van der Waals surface area contributed by atoms with Crippen molar-refractivity contribution in [2.45, 2.75) is 17.4 Å². The van der Waals surface area contributed by atoms with Crippen LogP contribution in [-0.4, -0.2) is 15.6 Å².